The van der Waals surface area contributed by atoms with E-state index >= 15 is 0 Å². The third kappa shape index (κ3) is 5.01. The van der Waals surface area contributed by atoms with Crippen LogP contribution in [0.5, 0.6) is 0 Å². The van der Waals surface area contributed by atoms with Gasteiger partial charge in [0, 0.05) is 37.9 Å². The lowest BCUT2D eigenvalue weighted by atomic mass is 10.1. The van der Waals surface area contributed by atoms with Crippen molar-refractivity contribution in [3.05, 3.63) is 69.0 Å². The normalized spacial score (nSPS) is 12.1. The van der Waals surface area contributed by atoms with Crippen LogP contribution >= 0.6 is 34.5 Å². The molecule has 1 aromatic heterocycles. The van der Waals surface area contributed by atoms with Gasteiger partial charge in [0.2, 0.25) is 0 Å². The number of rotatable bonds is 6. The molecule has 2 aromatic carbocycles. The zero-order chi connectivity index (χ0) is 22.9. The van der Waals surface area contributed by atoms with Crippen molar-refractivity contribution in [2.75, 3.05) is 11.2 Å². The summed E-state index contributed by atoms with van der Waals surface area (Å²) in [5.74, 6) is -1.54. The zero-order valence-electron chi connectivity index (χ0n) is 16.9. The summed E-state index contributed by atoms with van der Waals surface area (Å²) >= 11 is 13.3. The number of carbonyl (C=O) groups is 2. The molecule has 0 radical (unpaired) electrons. The van der Waals surface area contributed by atoms with E-state index in [2.05, 4.69) is 0 Å². The van der Waals surface area contributed by atoms with Crippen LogP contribution in [0, 0.1) is 0 Å². The van der Waals surface area contributed by atoms with E-state index in [1.54, 1.807) is 56.5 Å². The lowest BCUT2D eigenvalue weighted by molar-refractivity contribution is 0.0703. The van der Waals surface area contributed by atoms with E-state index in [0.717, 1.165) is 16.9 Å². The molecule has 3 aromatic rings. The second kappa shape index (κ2) is 9.53. The van der Waals surface area contributed by atoms with Gasteiger partial charge in [0.25, 0.3) is 5.91 Å². The number of aromatic carboxylic acids is 1. The van der Waals surface area contributed by atoms with Crippen LogP contribution in [0.15, 0.2) is 53.4 Å². The van der Waals surface area contributed by atoms with Crippen molar-refractivity contribution in [3.63, 3.8) is 0 Å². The molecule has 31 heavy (non-hydrogen) atoms. The monoisotopic (exact) mass is 495 g/mol. The van der Waals surface area contributed by atoms with Crippen LogP contribution in [0.3, 0.4) is 0 Å². The number of benzene rings is 2. The van der Waals surface area contributed by atoms with Gasteiger partial charge in [-0.1, -0.05) is 35.3 Å². The van der Waals surface area contributed by atoms with Crippen LogP contribution in [0.4, 0.5) is 5.69 Å². The summed E-state index contributed by atoms with van der Waals surface area (Å²) in [5, 5.41) is 10.4. The van der Waals surface area contributed by atoms with Crippen molar-refractivity contribution in [1.29, 1.82) is 0 Å². The quantitative estimate of drug-likeness (QED) is 0.440. The molecule has 1 heterocycles. The Morgan fingerprint density at radius 1 is 1.06 bits per heavy atom. The summed E-state index contributed by atoms with van der Waals surface area (Å²) in [6.45, 7) is 3.60. The van der Waals surface area contributed by atoms with Crippen LogP contribution in [0.1, 0.15) is 33.9 Å². The highest BCUT2D eigenvalue weighted by atomic mass is 35.5. The number of halogens is 2. The molecule has 1 atom stereocenters. The second-order valence-electron chi connectivity index (χ2n) is 7.00. The van der Waals surface area contributed by atoms with Crippen LogP contribution < -0.4 is 4.90 Å². The highest BCUT2D eigenvalue weighted by Gasteiger charge is 2.29. The van der Waals surface area contributed by atoms with Gasteiger partial charge in [0.05, 0.1) is 16.3 Å². The van der Waals surface area contributed by atoms with Crippen LogP contribution in [0.25, 0.3) is 10.4 Å². The molecule has 0 fully saturated rings. The Kier molecular flexibility index (Phi) is 7.21. The first-order valence-electron chi connectivity index (χ1n) is 9.19. The highest BCUT2D eigenvalue weighted by molar-refractivity contribution is 7.84. The molecular formula is C22H19Cl2NO4S2. The highest BCUT2D eigenvalue weighted by Crippen LogP contribution is 2.39. The molecule has 5 nitrogen and oxygen atoms in total. The molecule has 3 rings (SSSR count). The number of carbonyl (C=O) groups excluding carboxylic acids is 1. The zero-order valence-corrected chi connectivity index (χ0v) is 20.0. The Morgan fingerprint density at radius 3 is 2.23 bits per heavy atom. The van der Waals surface area contributed by atoms with Crippen LogP contribution in [0.2, 0.25) is 10.0 Å². The summed E-state index contributed by atoms with van der Waals surface area (Å²) in [4.78, 5) is 28.2. The van der Waals surface area contributed by atoms with Crippen LogP contribution in [-0.2, 0) is 10.8 Å². The Hall–Kier alpha value is -2.19. The molecule has 9 heteroatoms. The molecule has 1 unspecified atom stereocenters. The van der Waals surface area contributed by atoms with Gasteiger partial charge in [-0.25, -0.2) is 4.79 Å². The lowest BCUT2D eigenvalue weighted by Crippen LogP contribution is -2.37. The molecule has 0 aliphatic carbocycles. The molecule has 0 aliphatic heterocycles. The molecular weight excluding hydrogens is 477 g/mol. The van der Waals surface area contributed by atoms with Gasteiger partial charge >= 0.3 is 5.97 Å². The Bertz CT molecular complexity index is 1170. The van der Waals surface area contributed by atoms with Gasteiger partial charge in [0.15, 0.2) is 0 Å². The summed E-state index contributed by atoms with van der Waals surface area (Å²) in [7, 11) is -1.11. The number of hydrogen-bond donors (Lipinski definition) is 1. The molecule has 0 spiro atoms. The Morgan fingerprint density at radius 2 is 1.71 bits per heavy atom. The fourth-order valence-corrected chi connectivity index (χ4v) is 5.08. The molecule has 0 saturated heterocycles. The summed E-state index contributed by atoms with van der Waals surface area (Å²) < 4.78 is 11.6. The molecule has 0 bridgehead atoms. The third-order valence-electron chi connectivity index (χ3n) is 4.53. The predicted molar refractivity (Wildman–Crippen MR) is 127 cm³/mol. The largest absolute Gasteiger partial charge is 0.477 e. The first kappa shape index (κ1) is 23.5. The topological polar surface area (TPSA) is 74.7 Å². The minimum absolute atomic E-state index is 0.0466. The number of amides is 1. The smallest absolute Gasteiger partial charge is 0.348 e. The van der Waals surface area contributed by atoms with Crippen molar-refractivity contribution >= 4 is 62.9 Å². The SMILES string of the molecule is CC(C)N(C(=O)c1ccc(Cl)cc1Cl)c1cc(-c2ccc(S(C)=O)cc2)sc1C(=O)O. The van der Waals surface area contributed by atoms with Crippen molar-refractivity contribution < 1.29 is 18.9 Å². The standard InChI is InChI=1S/C22H19Cl2NO4S2/c1-12(2)25(21(26)16-9-6-14(23)10-17(16)24)18-11-19(30-20(18)22(27)28)13-4-7-15(8-5-13)31(3)29/h4-12H,1-3H3,(H,27,28). The van der Waals surface area contributed by atoms with E-state index in [-0.39, 0.29) is 21.5 Å². The van der Waals surface area contributed by atoms with Gasteiger partial charge in [-0.15, -0.1) is 11.3 Å². The van der Waals surface area contributed by atoms with E-state index in [0.29, 0.717) is 20.5 Å². The Labute approximate surface area is 196 Å². The number of anilines is 1. The molecule has 1 amide bonds. The minimum Gasteiger partial charge on any atom is -0.477 e. The number of nitrogens with zero attached hydrogens (tertiary/aromatic N) is 1. The summed E-state index contributed by atoms with van der Waals surface area (Å²) in [5.41, 5.74) is 1.30. The van der Waals surface area contributed by atoms with Crippen molar-refractivity contribution in [3.8, 4) is 10.4 Å². The van der Waals surface area contributed by atoms with Crippen LogP contribution in [-0.4, -0.2) is 33.5 Å². The molecule has 1 N–H and O–H groups in total. The van der Waals surface area contributed by atoms with E-state index in [9.17, 15) is 18.9 Å². The Balaban J connectivity index is 2.10. The van der Waals surface area contributed by atoms with Gasteiger partial charge in [0.1, 0.15) is 4.88 Å². The minimum atomic E-state index is -1.13. The number of carboxylic acid groups (broad SMARTS) is 1. The van der Waals surface area contributed by atoms with Gasteiger partial charge in [-0.3, -0.25) is 9.00 Å². The van der Waals surface area contributed by atoms with Crippen molar-refractivity contribution in [1.82, 2.24) is 0 Å². The number of carboxylic acids is 1. The van der Waals surface area contributed by atoms with E-state index in [1.165, 1.54) is 17.0 Å². The predicted octanol–water partition coefficient (Wildman–Crippen LogP) is 6.21. The lowest BCUT2D eigenvalue weighted by Gasteiger charge is -2.27. The number of thiophene rings is 1. The maximum Gasteiger partial charge on any atom is 0.348 e. The van der Waals surface area contributed by atoms with E-state index in [4.69, 9.17) is 23.2 Å². The third-order valence-corrected chi connectivity index (χ3v) is 7.18. The maximum absolute atomic E-state index is 13.3. The number of hydrogen-bond acceptors (Lipinski definition) is 4. The summed E-state index contributed by atoms with van der Waals surface area (Å²) in [6, 6.07) is 13.0. The fraction of sp³-hybridized carbons (Fsp3) is 0.182. The second-order valence-corrected chi connectivity index (χ2v) is 10.3. The van der Waals surface area contributed by atoms with Crippen molar-refractivity contribution in [2.45, 2.75) is 24.8 Å². The average Bonchev–Trinajstić information content (AvgIpc) is 3.13. The van der Waals surface area contributed by atoms with Crippen molar-refractivity contribution in [2.24, 2.45) is 0 Å². The molecule has 162 valence electrons. The van der Waals surface area contributed by atoms with E-state index in [1.807, 2.05) is 0 Å². The molecule has 0 saturated carbocycles. The van der Waals surface area contributed by atoms with E-state index < -0.39 is 22.7 Å². The molecule has 0 aliphatic rings. The van der Waals surface area contributed by atoms with Gasteiger partial charge in [-0.2, -0.15) is 0 Å². The first-order valence-corrected chi connectivity index (χ1v) is 12.3. The average molecular weight is 496 g/mol. The van der Waals surface area contributed by atoms with Gasteiger partial charge in [-0.05, 0) is 55.8 Å². The maximum atomic E-state index is 13.3. The fourth-order valence-electron chi connectivity index (χ4n) is 3.08. The summed E-state index contributed by atoms with van der Waals surface area (Å²) in [6.07, 6.45) is 1.59. The van der Waals surface area contributed by atoms with Gasteiger partial charge < -0.3 is 10.0 Å². The first-order chi connectivity index (χ1) is 14.6.